The second kappa shape index (κ2) is 14.1. The van der Waals surface area contributed by atoms with E-state index in [0.29, 0.717) is 28.5 Å². The van der Waals surface area contributed by atoms with E-state index in [1.54, 1.807) is 6.07 Å². The van der Waals surface area contributed by atoms with Gasteiger partial charge in [-0.05, 0) is 79.5 Å². The van der Waals surface area contributed by atoms with Crippen LogP contribution in [0.1, 0.15) is 101 Å². The summed E-state index contributed by atoms with van der Waals surface area (Å²) in [5.74, 6) is -1.07. The number of carbonyl (C=O) groups excluding carboxylic acids is 5. The van der Waals surface area contributed by atoms with E-state index < -0.39 is 23.8 Å². The van der Waals surface area contributed by atoms with Crippen LogP contribution < -0.4 is 21.1 Å². The quantitative estimate of drug-likeness (QED) is 0.186. The zero-order chi connectivity index (χ0) is 32.2. The van der Waals surface area contributed by atoms with Gasteiger partial charge >= 0.3 is 0 Å². The van der Waals surface area contributed by atoms with E-state index in [-0.39, 0.29) is 24.7 Å². The number of piperidine rings is 1. The van der Waals surface area contributed by atoms with E-state index >= 15 is 0 Å². The van der Waals surface area contributed by atoms with E-state index in [2.05, 4.69) is 32.9 Å². The monoisotopic (exact) mass is 628 g/mol. The number of unbranched alkanes of at least 4 members (excludes halogenated alkanes) is 3. The van der Waals surface area contributed by atoms with Crippen molar-refractivity contribution < 1.29 is 24.0 Å². The summed E-state index contributed by atoms with van der Waals surface area (Å²) in [5, 5.41) is 2.24. The minimum Gasteiger partial charge on any atom is -0.369 e. The zero-order valence-corrected chi connectivity index (χ0v) is 26.6. The molecule has 3 fully saturated rings. The standard InChI is InChI=1S/C35H44N6O5/c1-2-3-4-5-14-36-38-32(43)24-6-9-27(10-7-24)40-17-15-39(16-18-40)22-23-19-26(20-23)25-8-11-28-29(21-25)35(46)41(34(28)45)30-12-13-31(42)37-33(30)44/h6-11,21,23,26,30,36H,2-5,12-20,22H2,1H3,(H,38,43)(H,37,42,44). The highest BCUT2D eigenvalue weighted by Gasteiger charge is 2.45. The Bertz CT molecular complexity index is 1480. The van der Waals surface area contributed by atoms with Gasteiger partial charge in [-0.15, -0.1) is 0 Å². The Morgan fingerprint density at radius 3 is 2.35 bits per heavy atom. The summed E-state index contributed by atoms with van der Waals surface area (Å²) < 4.78 is 0. The first kappa shape index (κ1) is 31.9. The van der Waals surface area contributed by atoms with Gasteiger partial charge < -0.3 is 4.90 Å². The highest BCUT2D eigenvalue weighted by molar-refractivity contribution is 6.23. The molecule has 11 nitrogen and oxygen atoms in total. The zero-order valence-electron chi connectivity index (χ0n) is 26.6. The Morgan fingerprint density at radius 1 is 0.891 bits per heavy atom. The van der Waals surface area contributed by atoms with Crippen molar-refractivity contribution in [3.05, 3.63) is 64.7 Å². The van der Waals surface area contributed by atoms with Crippen molar-refractivity contribution in [1.29, 1.82) is 0 Å². The molecule has 46 heavy (non-hydrogen) atoms. The number of fused-ring (bicyclic) bond motifs is 1. The first-order valence-electron chi connectivity index (χ1n) is 16.8. The number of hydrazine groups is 1. The maximum absolute atomic E-state index is 13.2. The molecule has 244 valence electrons. The van der Waals surface area contributed by atoms with Gasteiger partial charge in [-0.3, -0.25) is 44.5 Å². The predicted molar refractivity (Wildman–Crippen MR) is 173 cm³/mol. The lowest BCUT2D eigenvalue weighted by Crippen LogP contribution is -2.54. The van der Waals surface area contributed by atoms with Crippen LogP contribution in [0.25, 0.3) is 0 Å². The fraction of sp³-hybridized carbons (Fsp3) is 0.514. The Hall–Kier alpha value is -4.09. The van der Waals surface area contributed by atoms with Crippen LogP contribution in [0.2, 0.25) is 0 Å². The van der Waals surface area contributed by atoms with Gasteiger partial charge in [0.1, 0.15) is 6.04 Å². The normalized spacial score (nSPS) is 23.3. The molecule has 5 amide bonds. The molecular formula is C35H44N6O5. The number of nitrogens with one attached hydrogen (secondary N) is 3. The number of hydrogen-bond acceptors (Lipinski definition) is 8. The summed E-state index contributed by atoms with van der Waals surface area (Å²) in [6.07, 6.45) is 6.97. The third kappa shape index (κ3) is 6.85. The lowest BCUT2D eigenvalue weighted by Gasteiger charge is -2.42. The first-order valence-corrected chi connectivity index (χ1v) is 16.8. The number of amides is 5. The number of imide groups is 2. The van der Waals surface area contributed by atoms with Crippen LogP contribution in [0.3, 0.4) is 0 Å². The number of benzene rings is 2. The SMILES string of the molecule is CCCCCCNNC(=O)c1ccc(N2CCN(CC3CC(c4ccc5c(c4)C(=O)N(C4CCC(=O)NC4=O)C5=O)C3)CC2)cc1. The molecule has 3 N–H and O–H groups in total. The molecule has 4 aliphatic rings. The molecule has 1 atom stereocenters. The minimum absolute atomic E-state index is 0.109. The van der Waals surface area contributed by atoms with Gasteiger partial charge in [0.2, 0.25) is 11.8 Å². The van der Waals surface area contributed by atoms with Gasteiger partial charge in [0, 0.05) is 56.9 Å². The fourth-order valence-corrected chi connectivity index (χ4v) is 7.13. The van der Waals surface area contributed by atoms with E-state index in [4.69, 9.17) is 0 Å². The lowest BCUT2D eigenvalue weighted by atomic mass is 9.71. The van der Waals surface area contributed by atoms with Gasteiger partial charge in [-0.1, -0.05) is 32.3 Å². The molecule has 2 aromatic rings. The van der Waals surface area contributed by atoms with Gasteiger partial charge in [0.25, 0.3) is 17.7 Å². The molecular weight excluding hydrogens is 584 g/mol. The number of piperazine rings is 1. The molecule has 11 heteroatoms. The maximum atomic E-state index is 13.2. The molecule has 0 bridgehead atoms. The lowest BCUT2D eigenvalue weighted by molar-refractivity contribution is -0.136. The van der Waals surface area contributed by atoms with Gasteiger partial charge in [0.05, 0.1) is 11.1 Å². The molecule has 2 aromatic carbocycles. The van der Waals surface area contributed by atoms with E-state index in [0.717, 1.165) is 74.7 Å². The molecule has 1 aliphatic carbocycles. The van der Waals surface area contributed by atoms with Gasteiger partial charge in [0.15, 0.2) is 0 Å². The summed E-state index contributed by atoms with van der Waals surface area (Å²) in [6.45, 7) is 7.84. The van der Waals surface area contributed by atoms with E-state index in [1.807, 2.05) is 36.4 Å². The average molecular weight is 629 g/mol. The molecule has 1 saturated carbocycles. The summed E-state index contributed by atoms with van der Waals surface area (Å²) in [4.78, 5) is 68.5. The molecule has 3 aliphatic heterocycles. The summed E-state index contributed by atoms with van der Waals surface area (Å²) in [5.41, 5.74) is 9.35. The molecule has 2 saturated heterocycles. The Balaban J connectivity index is 0.934. The molecule has 6 rings (SSSR count). The van der Waals surface area contributed by atoms with Crippen LogP contribution in [0.5, 0.6) is 0 Å². The summed E-state index contributed by atoms with van der Waals surface area (Å²) in [7, 11) is 0. The third-order valence-electron chi connectivity index (χ3n) is 9.91. The van der Waals surface area contributed by atoms with Gasteiger partial charge in [-0.25, -0.2) is 5.43 Å². The van der Waals surface area contributed by atoms with Crippen LogP contribution in [-0.4, -0.2) is 84.6 Å². The van der Waals surface area contributed by atoms with Crippen LogP contribution in [0, 0.1) is 5.92 Å². The van der Waals surface area contributed by atoms with Crippen LogP contribution >= 0.6 is 0 Å². The number of rotatable bonds is 12. The Labute approximate surface area is 270 Å². The topological polar surface area (TPSA) is 131 Å². The van der Waals surface area contributed by atoms with Crippen molar-refractivity contribution in [2.24, 2.45) is 5.92 Å². The molecule has 3 heterocycles. The number of nitrogens with zero attached hydrogens (tertiary/aromatic N) is 3. The second-order valence-corrected chi connectivity index (χ2v) is 13.1. The highest BCUT2D eigenvalue weighted by Crippen LogP contribution is 2.43. The molecule has 0 aromatic heterocycles. The highest BCUT2D eigenvalue weighted by atomic mass is 16.2. The van der Waals surface area contributed by atoms with Crippen molar-refractivity contribution in [2.45, 2.75) is 70.3 Å². The van der Waals surface area contributed by atoms with Crippen molar-refractivity contribution in [2.75, 3.05) is 44.2 Å². The number of hydrogen-bond donors (Lipinski definition) is 3. The van der Waals surface area contributed by atoms with E-state index in [1.165, 1.54) is 19.3 Å². The van der Waals surface area contributed by atoms with Crippen molar-refractivity contribution in [3.63, 3.8) is 0 Å². The number of anilines is 1. The Morgan fingerprint density at radius 2 is 1.63 bits per heavy atom. The van der Waals surface area contributed by atoms with Crippen molar-refractivity contribution in [1.82, 2.24) is 26.0 Å². The minimum atomic E-state index is -0.944. The van der Waals surface area contributed by atoms with Crippen molar-refractivity contribution in [3.8, 4) is 0 Å². The molecule has 0 radical (unpaired) electrons. The third-order valence-corrected chi connectivity index (χ3v) is 9.91. The second-order valence-electron chi connectivity index (χ2n) is 13.1. The molecule has 1 unspecified atom stereocenters. The molecule has 0 spiro atoms. The Kier molecular flexibility index (Phi) is 9.79. The predicted octanol–water partition coefficient (Wildman–Crippen LogP) is 3.22. The van der Waals surface area contributed by atoms with Gasteiger partial charge in [-0.2, -0.15) is 0 Å². The summed E-state index contributed by atoms with van der Waals surface area (Å²) in [6, 6.07) is 12.4. The number of carbonyl (C=O) groups is 5. The maximum Gasteiger partial charge on any atom is 0.265 e. The van der Waals surface area contributed by atoms with E-state index in [9.17, 15) is 24.0 Å². The summed E-state index contributed by atoms with van der Waals surface area (Å²) >= 11 is 0. The van der Waals surface area contributed by atoms with Crippen LogP contribution in [-0.2, 0) is 9.59 Å². The fourth-order valence-electron chi connectivity index (χ4n) is 7.13. The largest absolute Gasteiger partial charge is 0.369 e. The average Bonchev–Trinajstić information content (AvgIpc) is 3.29. The van der Waals surface area contributed by atoms with Crippen molar-refractivity contribution >= 4 is 35.2 Å². The van der Waals surface area contributed by atoms with Crippen LogP contribution in [0.4, 0.5) is 5.69 Å². The first-order chi connectivity index (χ1) is 22.3. The van der Waals surface area contributed by atoms with Crippen LogP contribution in [0.15, 0.2) is 42.5 Å². The smallest absolute Gasteiger partial charge is 0.265 e.